The summed E-state index contributed by atoms with van der Waals surface area (Å²) in [7, 11) is 0. The monoisotopic (exact) mass is 266 g/mol. The smallest absolute Gasteiger partial charge is 0.115 e. The van der Waals surface area contributed by atoms with Crippen LogP contribution in [0.5, 0.6) is 5.75 Å². The Morgan fingerprint density at radius 3 is 1.60 bits per heavy atom. The number of aryl methyl sites for hydroxylation is 1. The average Bonchev–Trinajstić information content (AvgIpc) is 2.46. The molecule has 0 saturated heterocycles. The second-order valence-electron chi connectivity index (χ2n) is 4.78. The highest BCUT2D eigenvalue weighted by Gasteiger charge is 1.99. The predicted molar refractivity (Wildman–Crippen MR) is 83.7 cm³/mol. The van der Waals surface area contributed by atoms with Gasteiger partial charge in [0.2, 0.25) is 0 Å². The molecule has 0 amide bonds. The van der Waals surface area contributed by atoms with Crippen molar-refractivity contribution in [2.24, 2.45) is 10.2 Å². The third kappa shape index (κ3) is 3.54. The van der Waals surface area contributed by atoms with Crippen LogP contribution in [0.2, 0.25) is 0 Å². The van der Waals surface area contributed by atoms with Gasteiger partial charge >= 0.3 is 0 Å². The number of aromatic hydroxyl groups is 1. The van der Waals surface area contributed by atoms with Gasteiger partial charge in [-0.25, -0.2) is 0 Å². The van der Waals surface area contributed by atoms with Crippen molar-refractivity contribution in [3.05, 3.63) is 65.2 Å². The molecule has 102 valence electrons. The molecular weight excluding hydrogens is 248 g/mol. The number of nitrogens with zero attached hydrogens (tertiary/aromatic N) is 2. The Balaban J connectivity index is 2.19. The highest BCUT2D eigenvalue weighted by atomic mass is 16.3. The molecule has 0 aliphatic carbocycles. The van der Waals surface area contributed by atoms with Gasteiger partial charge in [0, 0.05) is 0 Å². The third-order valence-electron chi connectivity index (χ3n) is 3.10. The van der Waals surface area contributed by atoms with Crippen molar-refractivity contribution in [1.29, 1.82) is 0 Å². The van der Waals surface area contributed by atoms with Crippen LogP contribution in [0, 0.1) is 6.92 Å². The van der Waals surface area contributed by atoms with E-state index in [4.69, 9.17) is 0 Å². The summed E-state index contributed by atoms with van der Waals surface area (Å²) >= 11 is 0. The zero-order chi connectivity index (χ0) is 14.5. The Morgan fingerprint density at radius 1 is 0.750 bits per heavy atom. The molecule has 0 bridgehead atoms. The van der Waals surface area contributed by atoms with Crippen LogP contribution in [-0.2, 0) is 0 Å². The molecule has 1 N–H and O–H groups in total. The van der Waals surface area contributed by atoms with E-state index in [1.807, 2.05) is 38.1 Å². The van der Waals surface area contributed by atoms with Gasteiger partial charge in [-0.15, -0.1) is 0 Å². The van der Waals surface area contributed by atoms with E-state index < -0.39 is 0 Å². The van der Waals surface area contributed by atoms with Crippen molar-refractivity contribution in [1.82, 2.24) is 0 Å². The maximum Gasteiger partial charge on any atom is 0.115 e. The molecule has 0 saturated carbocycles. The molecule has 3 nitrogen and oxygen atoms in total. The minimum Gasteiger partial charge on any atom is -0.508 e. The lowest BCUT2D eigenvalue weighted by Gasteiger charge is -2.01. The van der Waals surface area contributed by atoms with Crippen molar-refractivity contribution in [3.8, 4) is 5.75 Å². The molecule has 2 rings (SSSR count). The zero-order valence-corrected chi connectivity index (χ0v) is 12.0. The van der Waals surface area contributed by atoms with Crippen molar-refractivity contribution >= 4 is 11.4 Å². The SMILES string of the molecule is C/C(=N\N=C(/C)c1ccc(O)cc1)c1ccc(C)cc1. The first-order chi connectivity index (χ1) is 9.56. The van der Waals surface area contributed by atoms with E-state index in [1.54, 1.807) is 12.1 Å². The number of phenols is 1. The summed E-state index contributed by atoms with van der Waals surface area (Å²) in [6, 6.07) is 15.1. The maximum atomic E-state index is 9.26. The van der Waals surface area contributed by atoms with Crippen LogP contribution >= 0.6 is 0 Å². The van der Waals surface area contributed by atoms with Gasteiger partial charge in [-0.2, -0.15) is 10.2 Å². The Morgan fingerprint density at radius 2 is 1.15 bits per heavy atom. The van der Waals surface area contributed by atoms with E-state index in [1.165, 1.54) is 5.56 Å². The normalized spacial score (nSPS) is 12.6. The second-order valence-corrected chi connectivity index (χ2v) is 4.78. The fourth-order valence-corrected chi connectivity index (χ4v) is 1.76. The van der Waals surface area contributed by atoms with E-state index >= 15 is 0 Å². The van der Waals surface area contributed by atoms with Crippen LogP contribution in [0.1, 0.15) is 30.5 Å². The summed E-state index contributed by atoms with van der Waals surface area (Å²) in [6.45, 7) is 5.90. The molecular formula is C17H18N2O. The molecule has 2 aromatic rings. The van der Waals surface area contributed by atoms with Gasteiger partial charge in [0.05, 0.1) is 11.4 Å². The lowest BCUT2D eigenvalue weighted by Crippen LogP contribution is -1.96. The molecule has 2 aromatic carbocycles. The summed E-state index contributed by atoms with van der Waals surface area (Å²) in [4.78, 5) is 0. The number of phenolic OH excluding ortho intramolecular Hbond substituents is 1. The van der Waals surface area contributed by atoms with Crippen LogP contribution in [0.3, 0.4) is 0 Å². The number of benzene rings is 2. The maximum absolute atomic E-state index is 9.26. The van der Waals surface area contributed by atoms with Gasteiger partial charge in [-0.1, -0.05) is 29.8 Å². The Bertz CT molecular complexity index is 578. The van der Waals surface area contributed by atoms with E-state index in [-0.39, 0.29) is 5.75 Å². The summed E-state index contributed by atoms with van der Waals surface area (Å²) in [5.74, 6) is 0.251. The molecule has 0 spiro atoms. The van der Waals surface area contributed by atoms with Crippen molar-refractivity contribution < 1.29 is 5.11 Å². The Labute approximate surface area is 119 Å². The minimum absolute atomic E-state index is 0.251. The van der Waals surface area contributed by atoms with E-state index in [2.05, 4.69) is 29.3 Å². The molecule has 3 heteroatoms. The summed E-state index contributed by atoms with van der Waals surface area (Å²) < 4.78 is 0. The molecule has 0 unspecified atom stereocenters. The van der Waals surface area contributed by atoms with Crippen molar-refractivity contribution in [3.63, 3.8) is 0 Å². The van der Waals surface area contributed by atoms with E-state index in [0.29, 0.717) is 0 Å². The molecule has 20 heavy (non-hydrogen) atoms. The number of rotatable bonds is 3. The summed E-state index contributed by atoms with van der Waals surface area (Å²) in [5, 5.41) is 17.8. The number of hydrogen-bond donors (Lipinski definition) is 1. The van der Waals surface area contributed by atoms with E-state index in [9.17, 15) is 5.11 Å². The van der Waals surface area contributed by atoms with Crippen molar-refractivity contribution in [2.75, 3.05) is 0 Å². The third-order valence-corrected chi connectivity index (χ3v) is 3.10. The highest BCUT2D eigenvalue weighted by Crippen LogP contribution is 2.11. The Hall–Kier alpha value is -2.42. The molecule has 0 fully saturated rings. The molecule has 0 aromatic heterocycles. The van der Waals surface area contributed by atoms with Crippen molar-refractivity contribution in [2.45, 2.75) is 20.8 Å². The van der Waals surface area contributed by atoms with Gasteiger partial charge < -0.3 is 5.11 Å². The van der Waals surface area contributed by atoms with Gasteiger partial charge in [0.1, 0.15) is 5.75 Å². The lowest BCUT2D eigenvalue weighted by molar-refractivity contribution is 0.475. The topological polar surface area (TPSA) is 45.0 Å². The fraction of sp³-hybridized carbons (Fsp3) is 0.176. The van der Waals surface area contributed by atoms with Gasteiger partial charge in [-0.3, -0.25) is 0 Å². The fourth-order valence-electron chi connectivity index (χ4n) is 1.76. The van der Waals surface area contributed by atoms with Crippen LogP contribution in [0.25, 0.3) is 0 Å². The van der Waals surface area contributed by atoms with Gasteiger partial charge in [0.25, 0.3) is 0 Å². The largest absolute Gasteiger partial charge is 0.508 e. The minimum atomic E-state index is 0.251. The average molecular weight is 266 g/mol. The lowest BCUT2D eigenvalue weighted by atomic mass is 10.1. The molecule has 0 aliphatic rings. The first-order valence-electron chi connectivity index (χ1n) is 6.51. The predicted octanol–water partition coefficient (Wildman–Crippen LogP) is 3.93. The van der Waals surface area contributed by atoms with Gasteiger partial charge in [0.15, 0.2) is 0 Å². The van der Waals surface area contributed by atoms with Gasteiger partial charge in [-0.05, 0) is 56.2 Å². The van der Waals surface area contributed by atoms with Crippen LogP contribution in [0.4, 0.5) is 0 Å². The first-order valence-corrected chi connectivity index (χ1v) is 6.51. The summed E-state index contributed by atoms with van der Waals surface area (Å²) in [5.41, 5.74) is 4.94. The molecule has 0 radical (unpaired) electrons. The number of hydrogen-bond acceptors (Lipinski definition) is 3. The van der Waals surface area contributed by atoms with Crippen LogP contribution < -0.4 is 0 Å². The molecule has 0 heterocycles. The van der Waals surface area contributed by atoms with Crippen LogP contribution in [0.15, 0.2) is 58.7 Å². The highest BCUT2D eigenvalue weighted by molar-refractivity contribution is 6.01. The molecule has 0 aliphatic heterocycles. The quantitative estimate of drug-likeness (QED) is 0.664. The Kier molecular flexibility index (Phi) is 4.31. The molecule has 0 atom stereocenters. The first kappa shape index (κ1) is 14.0. The van der Waals surface area contributed by atoms with Crippen LogP contribution in [-0.4, -0.2) is 16.5 Å². The zero-order valence-electron chi connectivity index (χ0n) is 12.0. The second kappa shape index (κ2) is 6.15. The summed E-state index contributed by atoms with van der Waals surface area (Å²) in [6.07, 6.45) is 0. The van der Waals surface area contributed by atoms with E-state index in [0.717, 1.165) is 22.6 Å². The standard InChI is InChI=1S/C17H18N2O/c1-12-4-6-15(7-5-12)13(2)18-19-14(3)16-8-10-17(20)11-9-16/h4-11,20H,1-3H3/b18-13+,19-14+.